The van der Waals surface area contributed by atoms with Crippen molar-refractivity contribution in [2.75, 3.05) is 6.61 Å². The predicted octanol–water partition coefficient (Wildman–Crippen LogP) is 3.30. The van der Waals surface area contributed by atoms with E-state index in [0.717, 1.165) is 17.7 Å². The molecule has 0 aliphatic heterocycles. The van der Waals surface area contributed by atoms with Crippen LogP contribution in [0.2, 0.25) is 0 Å². The molecule has 4 nitrogen and oxygen atoms in total. The van der Waals surface area contributed by atoms with Crippen LogP contribution in [0.4, 0.5) is 0 Å². The Bertz CT molecular complexity index is 562. The van der Waals surface area contributed by atoms with Gasteiger partial charge in [0.15, 0.2) is 0 Å². The van der Waals surface area contributed by atoms with Crippen molar-refractivity contribution in [1.29, 1.82) is 0 Å². The third-order valence-corrected chi connectivity index (χ3v) is 3.35. The van der Waals surface area contributed by atoms with Gasteiger partial charge in [-0.05, 0) is 47.7 Å². The Balaban J connectivity index is 1.86. The highest BCUT2D eigenvalue weighted by atomic mass is 32.1. The molecule has 1 amide bonds. The first kappa shape index (κ1) is 14.3. The summed E-state index contributed by atoms with van der Waals surface area (Å²) >= 11 is 1.38. The summed E-state index contributed by atoms with van der Waals surface area (Å²) in [5.74, 6) is 0.644. The number of benzene rings is 1. The topological polar surface area (TPSA) is 50.7 Å². The number of hydrazone groups is 1. The summed E-state index contributed by atoms with van der Waals surface area (Å²) in [7, 11) is 0. The van der Waals surface area contributed by atoms with Gasteiger partial charge in [0.2, 0.25) is 0 Å². The molecule has 1 heterocycles. The van der Waals surface area contributed by atoms with E-state index in [9.17, 15) is 4.79 Å². The molecule has 104 valence electrons. The van der Waals surface area contributed by atoms with Gasteiger partial charge in [0, 0.05) is 0 Å². The molecule has 0 fully saturated rings. The van der Waals surface area contributed by atoms with Crippen LogP contribution in [-0.2, 0) is 0 Å². The van der Waals surface area contributed by atoms with Gasteiger partial charge in [-0.25, -0.2) is 5.43 Å². The molecule has 0 spiro atoms. The standard InChI is InChI=1S/C15H16N2O2S/c1-2-9-19-13-7-5-12(6-8-13)11-16-17-15(18)14-4-3-10-20-14/h3-8,10-11H,2,9H2,1H3,(H,17,18)/b16-11+. The molecular formula is C15H16N2O2S. The number of ether oxygens (including phenoxy) is 1. The van der Waals surface area contributed by atoms with E-state index in [-0.39, 0.29) is 5.91 Å². The maximum Gasteiger partial charge on any atom is 0.281 e. The average molecular weight is 288 g/mol. The summed E-state index contributed by atoms with van der Waals surface area (Å²) in [5.41, 5.74) is 3.40. The number of carbonyl (C=O) groups excluding carboxylic acids is 1. The molecule has 0 saturated heterocycles. The quantitative estimate of drug-likeness (QED) is 0.655. The van der Waals surface area contributed by atoms with E-state index in [1.54, 1.807) is 12.3 Å². The van der Waals surface area contributed by atoms with E-state index in [0.29, 0.717) is 11.5 Å². The van der Waals surface area contributed by atoms with Crippen molar-refractivity contribution in [3.05, 3.63) is 52.2 Å². The number of hydrogen-bond donors (Lipinski definition) is 1. The molecule has 1 aromatic carbocycles. The summed E-state index contributed by atoms with van der Waals surface area (Å²) in [4.78, 5) is 12.3. The zero-order valence-electron chi connectivity index (χ0n) is 11.2. The Kier molecular flexibility index (Phi) is 5.32. The normalized spacial score (nSPS) is 10.7. The van der Waals surface area contributed by atoms with Gasteiger partial charge < -0.3 is 4.74 Å². The van der Waals surface area contributed by atoms with Crippen LogP contribution in [0.25, 0.3) is 0 Å². The number of thiophene rings is 1. The van der Waals surface area contributed by atoms with E-state index in [4.69, 9.17) is 4.74 Å². The van der Waals surface area contributed by atoms with E-state index >= 15 is 0 Å². The number of carbonyl (C=O) groups is 1. The third kappa shape index (κ3) is 4.20. The maximum atomic E-state index is 11.6. The van der Waals surface area contributed by atoms with Crippen LogP contribution in [0.5, 0.6) is 5.75 Å². The minimum absolute atomic E-state index is 0.195. The second-order valence-electron chi connectivity index (χ2n) is 4.09. The molecule has 0 aliphatic rings. The lowest BCUT2D eigenvalue weighted by Crippen LogP contribution is -2.16. The van der Waals surface area contributed by atoms with E-state index < -0.39 is 0 Å². The zero-order chi connectivity index (χ0) is 14.2. The molecule has 1 N–H and O–H groups in total. The van der Waals surface area contributed by atoms with Crippen LogP contribution < -0.4 is 10.2 Å². The van der Waals surface area contributed by atoms with Crippen LogP contribution >= 0.6 is 11.3 Å². The number of amides is 1. The van der Waals surface area contributed by atoms with Gasteiger partial charge in [0.1, 0.15) is 5.75 Å². The summed E-state index contributed by atoms with van der Waals surface area (Å²) in [5, 5.41) is 5.79. The lowest BCUT2D eigenvalue weighted by Gasteiger charge is -2.03. The molecule has 5 heteroatoms. The van der Waals surface area contributed by atoms with Crippen LogP contribution in [0.15, 0.2) is 46.9 Å². The fraction of sp³-hybridized carbons (Fsp3) is 0.200. The zero-order valence-corrected chi connectivity index (χ0v) is 12.0. The first-order chi connectivity index (χ1) is 9.79. The Hall–Kier alpha value is -2.14. The molecule has 20 heavy (non-hydrogen) atoms. The summed E-state index contributed by atoms with van der Waals surface area (Å²) in [6.45, 7) is 2.78. The molecule has 0 atom stereocenters. The highest BCUT2D eigenvalue weighted by Gasteiger charge is 2.03. The summed E-state index contributed by atoms with van der Waals surface area (Å²) in [6.07, 6.45) is 2.59. The van der Waals surface area contributed by atoms with Crippen molar-refractivity contribution in [3.8, 4) is 5.75 Å². The fourth-order valence-corrected chi connectivity index (χ4v) is 2.11. The van der Waals surface area contributed by atoms with Crippen LogP contribution in [0, 0.1) is 0 Å². The Morgan fingerprint density at radius 1 is 1.35 bits per heavy atom. The lowest BCUT2D eigenvalue weighted by molar-refractivity contribution is 0.0959. The van der Waals surface area contributed by atoms with Crippen molar-refractivity contribution in [1.82, 2.24) is 5.43 Å². The van der Waals surface area contributed by atoms with Gasteiger partial charge in [-0.1, -0.05) is 13.0 Å². The highest BCUT2D eigenvalue weighted by Crippen LogP contribution is 2.11. The SMILES string of the molecule is CCCOc1ccc(/C=N/NC(=O)c2cccs2)cc1. The van der Waals surface area contributed by atoms with Crippen LogP contribution in [-0.4, -0.2) is 18.7 Å². The number of nitrogens with zero attached hydrogens (tertiary/aromatic N) is 1. The minimum atomic E-state index is -0.195. The smallest absolute Gasteiger partial charge is 0.281 e. The minimum Gasteiger partial charge on any atom is -0.494 e. The molecule has 1 aromatic heterocycles. The Morgan fingerprint density at radius 3 is 2.80 bits per heavy atom. The average Bonchev–Trinajstić information content (AvgIpc) is 3.00. The Morgan fingerprint density at radius 2 is 2.15 bits per heavy atom. The second kappa shape index (κ2) is 7.45. The van der Waals surface area contributed by atoms with Crippen molar-refractivity contribution >= 4 is 23.5 Å². The molecule has 0 bridgehead atoms. The van der Waals surface area contributed by atoms with Gasteiger partial charge in [-0.3, -0.25) is 4.79 Å². The molecule has 0 saturated carbocycles. The summed E-state index contributed by atoms with van der Waals surface area (Å²) < 4.78 is 5.49. The maximum absolute atomic E-state index is 11.6. The van der Waals surface area contributed by atoms with Crippen LogP contribution in [0.1, 0.15) is 28.6 Å². The molecular weight excluding hydrogens is 272 g/mol. The summed E-state index contributed by atoms with van der Waals surface area (Å²) in [6, 6.07) is 11.2. The lowest BCUT2D eigenvalue weighted by atomic mass is 10.2. The molecule has 2 aromatic rings. The Labute approximate surface area is 122 Å². The van der Waals surface area contributed by atoms with Gasteiger partial charge >= 0.3 is 0 Å². The van der Waals surface area contributed by atoms with Gasteiger partial charge in [0.25, 0.3) is 5.91 Å². The first-order valence-electron chi connectivity index (χ1n) is 6.39. The monoisotopic (exact) mass is 288 g/mol. The van der Waals surface area contributed by atoms with Crippen molar-refractivity contribution in [2.24, 2.45) is 5.10 Å². The second-order valence-corrected chi connectivity index (χ2v) is 5.04. The predicted molar refractivity (Wildman–Crippen MR) is 81.6 cm³/mol. The van der Waals surface area contributed by atoms with Crippen molar-refractivity contribution in [3.63, 3.8) is 0 Å². The number of rotatable bonds is 6. The van der Waals surface area contributed by atoms with E-state index in [1.165, 1.54) is 11.3 Å². The first-order valence-corrected chi connectivity index (χ1v) is 7.27. The molecule has 0 aliphatic carbocycles. The van der Waals surface area contributed by atoms with Gasteiger partial charge in [-0.2, -0.15) is 5.10 Å². The highest BCUT2D eigenvalue weighted by molar-refractivity contribution is 7.12. The molecule has 0 radical (unpaired) electrons. The van der Waals surface area contributed by atoms with Crippen molar-refractivity contribution in [2.45, 2.75) is 13.3 Å². The van der Waals surface area contributed by atoms with Crippen molar-refractivity contribution < 1.29 is 9.53 Å². The van der Waals surface area contributed by atoms with E-state index in [1.807, 2.05) is 35.7 Å². The van der Waals surface area contributed by atoms with Gasteiger partial charge in [0.05, 0.1) is 17.7 Å². The number of nitrogens with one attached hydrogen (secondary N) is 1. The number of hydrogen-bond acceptors (Lipinski definition) is 4. The fourth-order valence-electron chi connectivity index (χ4n) is 1.50. The van der Waals surface area contributed by atoms with Crippen LogP contribution in [0.3, 0.4) is 0 Å². The van der Waals surface area contributed by atoms with Gasteiger partial charge in [-0.15, -0.1) is 11.3 Å². The van der Waals surface area contributed by atoms with E-state index in [2.05, 4.69) is 17.5 Å². The largest absolute Gasteiger partial charge is 0.494 e. The molecule has 0 unspecified atom stereocenters. The molecule has 2 rings (SSSR count). The third-order valence-electron chi connectivity index (χ3n) is 2.48.